The molecule has 1 saturated heterocycles. The number of aromatic nitrogens is 5. The van der Waals surface area contributed by atoms with Crippen LogP contribution in [0.25, 0.3) is 16.6 Å². The molecule has 0 radical (unpaired) electrons. The number of benzene rings is 1. The molecule has 1 unspecified atom stereocenters. The molecule has 1 fully saturated rings. The highest BCUT2D eigenvalue weighted by Crippen LogP contribution is 2.22. The molecule has 3 aromatic rings. The standard InChI is InChI=1S/C14H16N6/c1-2-6-12-11(5-1)13(9-16-12)20-14(17-18-19-20)8-10-4-3-7-15-10/h1-2,5-6,9-10,15-16H,3-4,7-8H2. The topological polar surface area (TPSA) is 71.4 Å². The zero-order valence-corrected chi connectivity index (χ0v) is 11.1. The lowest BCUT2D eigenvalue weighted by Crippen LogP contribution is -2.25. The Labute approximate surface area is 116 Å². The predicted octanol–water partition coefficient (Wildman–Crippen LogP) is 1.44. The third kappa shape index (κ3) is 1.89. The number of rotatable bonds is 3. The maximum Gasteiger partial charge on any atom is 0.158 e. The molecule has 0 saturated carbocycles. The molecule has 0 aliphatic carbocycles. The SMILES string of the molecule is c1ccc2c(-n3nnnc3CC3CCCN3)c[nH]c2c1. The van der Waals surface area contributed by atoms with Crippen LogP contribution in [-0.4, -0.2) is 37.8 Å². The quantitative estimate of drug-likeness (QED) is 0.754. The molecule has 102 valence electrons. The molecule has 2 aromatic heterocycles. The fourth-order valence-electron chi connectivity index (χ4n) is 2.90. The summed E-state index contributed by atoms with van der Waals surface area (Å²) in [4.78, 5) is 3.27. The van der Waals surface area contributed by atoms with Crippen molar-refractivity contribution < 1.29 is 0 Å². The van der Waals surface area contributed by atoms with Gasteiger partial charge in [-0.1, -0.05) is 18.2 Å². The molecule has 1 aliphatic rings. The van der Waals surface area contributed by atoms with Crippen LogP contribution in [0.2, 0.25) is 0 Å². The molecule has 1 aromatic carbocycles. The Bertz CT molecular complexity index is 722. The second-order valence-corrected chi connectivity index (χ2v) is 5.22. The van der Waals surface area contributed by atoms with Crippen LogP contribution in [0.5, 0.6) is 0 Å². The Kier molecular flexibility index (Phi) is 2.74. The third-order valence-corrected chi connectivity index (χ3v) is 3.92. The first-order valence-electron chi connectivity index (χ1n) is 6.99. The Balaban J connectivity index is 1.73. The van der Waals surface area contributed by atoms with Crippen LogP contribution in [0.1, 0.15) is 18.7 Å². The van der Waals surface area contributed by atoms with Crippen LogP contribution >= 0.6 is 0 Å². The maximum absolute atomic E-state index is 4.19. The van der Waals surface area contributed by atoms with E-state index in [1.807, 2.05) is 23.0 Å². The van der Waals surface area contributed by atoms with Crippen molar-refractivity contribution in [1.82, 2.24) is 30.5 Å². The van der Waals surface area contributed by atoms with Gasteiger partial charge in [0.1, 0.15) is 0 Å². The molecule has 2 N–H and O–H groups in total. The number of hydrogen-bond acceptors (Lipinski definition) is 4. The second kappa shape index (κ2) is 4.72. The van der Waals surface area contributed by atoms with Crippen LogP contribution in [0, 0.1) is 0 Å². The van der Waals surface area contributed by atoms with E-state index in [0.29, 0.717) is 6.04 Å². The summed E-state index contributed by atoms with van der Waals surface area (Å²) in [6.45, 7) is 1.10. The van der Waals surface area contributed by atoms with Gasteiger partial charge in [-0.15, -0.1) is 5.10 Å². The fraction of sp³-hybridized carbons (Fsp3) is 0.357. The van der Waals surface area contributed by atoms with E-state index in [2.05, 4.69) is 38.0 Å². The first kappa shape index (κ1) is 11.6. The molecule has 20 heavy (non-hydrogen) atoms. The normalized spacial score (nSPS) is 18.9. The average molecular weight is 268 g/mol. The molecule has 6 nitrogen and oxygen atoms in total. The predicted molar refractivity (Wildman–Crippen MR) is 75.7 cm³/mol. The minimum Gasteiger partial charge on any atom is -0.359 e. The summed E-state index contributed by atoms with van der Waals surface area (Å²) in [5.74, 6) is 0.911. The van der Waals surface area contributed by atoms with E-state index in [0.717, 1.165) is 35.4 Å². The maximum atomic E-state index is 4.19. The van der Waals surface area contributed by atoms with E-state index >= 15 is 0 Å². The van der Waals surface area contributed by atoms with Gasteiger partial charge in [0.15, 0.2) is 5.82 Å². The van der Waals surface area contributed by atoms with Crippen molar-refractivity contribution in [3.05, 3.63) is 36.3 Å². The van der Waals surface area contributed by atoms with Gasteiger partial charge in [0.2, 0.25) is 0 Å². The summed E-state index contributed by atoms with van der Waals surface area (Å²) in [6.07, 6.45) is 5.26. The monoisotopic (exact) mass is 268 g/mol. The lowest BCUT2D eigenvalue weighted by Gasteiger charge is -2.09. The number of tetrazole rings is 1. The highest BCUT2D eigenvalue weighted by atomic mass is 15.5. The summed E-state index contributed by atoms with van der Waals surface area (Å²) in [6, 6.07) is 8.68. The van der Waals surface area contributed by atoms with Crippen LogP contribution in [0.4, 0.5) is 0 Å². The van der Waals surface area contributed by atoms with Gasteiger partial charge in [-0.05, 0) is 35.9 Å². The molecule has 0 amide bonds. The van der Waals surface area contributed by atoms with Crippen LogP contribution in [0.3, 0.4) is 0 Å². The smallest absolute Gasteiger partial charge is 0.158 e. The van der Waals surface area contributed by atoms with Gasteiger partial charge in [0.05, 0.1) is 5.69 Å². The first-order valence-corrected chi connectivity index (χ1v) is 6.99. The number of nitrogens with one attached hydrogen (secondary N) is 2. The zero-order valence-electron chi connectivity index (χ0n) is 11.1. The third-order valence-electron chi connectivity index (χ3n) is 3.92. The van der Waals surface area contributed by atoms with Crippen molar-refractivity contribution in [3.63, 3.8) is 0 Å². The number of H-pyrrole nitrogens is 1. The summed E-state index contributed by atoms with van der Waals surface area (Å²) < 4.78 is 1.85. The summed E-state index contributed by atoms with van der Waals surface area (Å²) >= 11 is 0. The molecule has 1 aliphatic heterocycles. The molecule has 4 rings (SSSR count). The van der Waals surface area contributed by atoms with E-state index in [-0.39, 0.29) is 0 Å². The number of para-hydroxylation sites is 1. The van der Waals surface area contributed by atoms with Crippen molar-refractivity contribution in [2.75, 3.05) is 6.54 Å². The van der Waals surface area contributed by atoms with Gasteiger partial charge >= 0.3 is 0 Å². The Morgan fingerprint density at radius 2 is 2.25 bits per heavy atom. The van der Waals surface area contributed by atoms with Gasteiger partial charge in [-0.2, -0.15) is 4.68 Å². The molecule has 0 bridgehead atoms. The zero-order chi connectivity index (χ0) is 13.4. The van der Waals surface area contributed by atoms with Gasteiger partial charge in [-0.25, -0.2) is 0 Å². The minimum absolute atomic E-state index is 0.491. The highest BCUT2D eigenvalue weighted by molar-refractivity contribution is 5.88. The van der Waals surface area contributed by atoms with Gasteiger partial charge in [0.25, 0.3) is 0 Å². The van der Waals surface area contributed by atoms with E-state index in [1.165, 1.54) is 12.8 Å². The van der Waals surface area contributed by atoms with Crippen molar-refractivity contribution in [1.29, 1.82) is 0 Å². The lowest BCUT2D eigenvalue weighted by atomic mass is 10.1. The Morgan fingerprint density at radius 3 is 3.15 bits per heavy atom. The van der Waals surface area contributed by atoms with Crippen LogP contribution in [-0.2, 0) is 6.42 Å². The molecular weight excluding hydrogens is 252 g/mol. The number of hydrogen-bond donors (Lipinski definition) is 2. The molecule has 6 heteroatoms. The summed E-state index contributed by atoms with van der Waals surface area (Å²) in [7, 11) is 0. The second-order valence-electron chi connectivity index (χ2n) is 5.22. The van der Waals surface area contributed by atoms with Crippen molar-refractivity contribution >= 4 is 10.9 Å². The highest BCUT2D eigenvalue weighted by Gasteiger charge is 2.19. The Hall–Kier alpha value is -2.21. The van der Waals surface area contributed by atoms with Crippen molar-refractivity contribution in [3.8, 4) is 5.69 Å². The summed E-state index contributed by atoms with van der Waals surface area (Å²) in [5.41, 5.74) is 2.11. The Morgan fingerprint density at radius 1 is 1.30 bits per heavy atom. The first-order chi connectivity index (χ1) is 9.92. The van der Waals surface area contributed by atoms with E-state index < -0.39 is 0 Å². The van der Waals surface area contributed by atoms with Gasteiger partial charge in [0, 0.05) is 29.6 Å². The molecule has 0 spiro atoms. The van der Waals surface area contributed by atoms with Gasteiger partial charge < -0.3 is 10.3 Å². The van der Waals surface area contributed by atoms with Crippen molar-refractivity contribution in [2.45, 2.75) is 25.3 Å². The van der Waals surface area contributed by atoms with Crippen LogP contribution in [0.15, 0.2) is 30.5 Å². The molecule has 3 heterocycles. The van der Waals surface area contributed by atoms with Crippen LogP contribution < -0.4 is 5.32 Å². The minimum atomic E-state index is 0.491. The lowest BCUT2D eigenvalue weighted by molar-refractivity contribution is 0.575. The van der Waals surface area contributed by atoms with E-state index in [9.17, 15) is 0 Å². The number of fused-ring (bicyclic) bond motifs is 1. The fourth-order valence-corrected chi connectivity index (χ4v) is 2.90. The van der Waals surface area contributed by atoms with Crippen molar-refractivity contribution in [2.24, 2.45) is 0 Å². The number of aromatic amines is 1. The molecule has 1 atom stereocenters. The largest absolute Gasteiger partial charge is 0.359 e. The van der Waals surface area contributed by atoms with E-state index in [1.54, 1.807) is 0 Å². The number of nitrogens with zero attached hydrogens (tertiary/aromatic N) is 4. The van der Waals surface area contributed by atoms with Gasteiger partial charge in [-0.3, -0.25) is 0 Å². The molecular formula is C14H16N6. The average Bonchev–Trinajstić information content (AvgIpc) is 3.19. The summed E-state index contributed by atoms with van der Waals surface area (Å²) in [5, 5.41) is 16.8. The van der Waals surface area contributed by atoms with E-state index in [4.69, 9.17) is 0 Å².